The summed E-state index contributed by atoms with van der Waals surface area (Å²) in [5.41, 5.74) is 1.36. The molecule has 2 aromatic carbocycles. The number of hydrogen-bond donors (Lipinski definition) is 2. The summed E-state index contributed by atoms with van der Waals surface area (Å²) in [6.45, 7) is 1.44. The van der Waals surface area contributed by atoms with E-state index in [2.05, 4.69) is 10.2 Å². The summed E-state index contributed by atoms with van der Waals surface area (Å²) >= 11 is 0. The average molecular weight is 397 g/mol. The Morgan fingerprint density at radius 2 is 1.86 bits per heavy atom. The highest BCUT2D eigenvalue weighted by atomic mass is 19.1. The lowest BCUT2D eigenvalue weighted by Gasteiger charge is -2.52. The van der Waals surface area contributed by atoms with Crippen molar-refractivity contribution < 1.29 is 14.3 Å². The maximum absolute atomic E-state index is 13.5. The molecule has 0 unspecified atom stereocenters. The maximum atomic E-state index is 13.5. The summed E-state index contributed by atoms with van der Waals surface area (Å²) in [5, 5.41) is 14.3. The lowest BCUT2D eigenvalue weighted by Crippen LogP contribution is -2.56. The van der Waals surface area contributed by atoms with Crippen molar-refractivity contribution in [2.24, 2.45) is 5.92 Å². The van der Waals surface area contributed by atoms with Crippen molar-refractivity contribution in [1.29, 1.82) is 0 Å². The second-order valence-corrected chi connectivity index (χ2v) is 8.44. The smallest absolute Gasteiger partial charge is 0.234 e. The summed E-state index contributed by atoms with van der Waals surface area (Å²) in [6, 6.07) is 16.3. The fourth-order valence-corrected chi connectivity index (χ4v) is 5.06. The minimum absolute atomic E-state index is 0.0257. The van der Waals surface area contributed by atoms with Crippen LogP contribution in [0.2, 0.25) is 0 Å². The van der Waals surface area contributed by atoms with Crippen molar-refractivity contribution in [3.05, 3.63) is 71.5 Å². The van der Waals surface area contributed by atoms with E-state index in [1.165, 1.54) is 12.1 Å². The van der Waals surface area contributed by atoms with Crippen molar-refractivity contribution in [1.82, 2.24) is 10.2 Å². The predicted octanol–water partition coefficient (Wildman–Crippen LogP) is 3.81. The minimum Gasteiger partial charge on any atom is -0.389 e. The Morgan fingerprint density at radius 1 is 1.10 bits per heavy atom. The maximum Gasteiger partial charge on any atom is 0.234 e. The van der Waals surface area contributed by atoms with Crippen LogP contribution in [0.15, 0.2) is 54.6 Å². The highest BCUT2D eigenvalue weighted by molar-refractivity contribution is 5.78. The Balaban J connectivity index is 1.51. The monoisotopic (exact) mass is 396 g/mol. The summed E-state index contributed by atoms with van der Waals surface area (Å²) in [5.74, 6) is -0.227. The van der Waals surface area contributed by atoms with Gasteiger partial charge in [0.25, 0.3) is 0 Å². The van der Waals surface area contributed by atoms with Crippen LogP contribution < -0.4 is 5.32 Å². The summed E-state index contributed by atoms with van der Waals surface area (Å²) in [7, 11) is 0. The normalized spacial score (nSPS) is 27.2. The Hall–Kier alpha value is -2.24. The minimum atomic E-state index is -0.686. The van der Waals surface area contributed by atoms with Crippen molar-refractivity contribution in [2.45, 2.75) is 50.3 Å². The van der Waals surface area contributed by atoms with Crippen LogP contribution in [-0.4, -0.2) is 34.6 Å². The lowest BCUT2D eigenvalue weighted by molar-refractivity contribution is -0.138. The van der Waals surface area contributed by atoms with E-state index in [1.807, 2.05) is 30.3 Å². The van der Waals surface area contributed by atoms with Gasteiger partial charge >= 0.3 is 0 Å². The van der Waals surface area contributed by atoms with Crippen molar-refractivity contribution in [2.75, 3.05) is 13.1 Å². The fourth-order valence-electron chi connectivity index (χ4n) is 5.06. The third kappa shape index (κ3) is 4.51. The Bertz CT molecular complexity index is 827. The van der Waals surface area contributed by atoms with E-state index in [0.29, 0.717) is 19.5 Å². The number of fused-ring (bicyclic) bond motifs is 1. The van der Waals surface area contributed by atoms with Crippen LogP contribution in [0, 0.1) is 11.7 Å². The molecular formula is C24H29FN2O2. The van der Waals surface area contributed by atoms with Gasteiger partial charge in [0.15, 0.2) is 0 Å². The van der Waals surface area contributed by atoms with Crippen LogP contribution >= 0.6 is 0 Å². The molecule has 1 aliphatic carbocycles. The van der Waals surface area contributed by atoms with Gasteiger partial charge in [-0.15, -0.1) is 0 Å². The molecule has 1 amide bonds. The van der Waals surface area contributed by atoms with Crippen LogP contribution in [0.4, 0.5) is 4.39 Å². The number of halogens is 1. The molecule has 0 radical (unpaired) electrons. The molecule has 1 heterocycles. The molecule has 154 valence electrons. The number of benzene rings is 2. The molecule has 1 aliphatic heterocycles. The van der Waals surface area contributed by atoms with Crippen molar-refractivity contribution in [3.8, 4) is 0 Å². The highest BCUT2D eigenvalue weighted by Crippen LogP contribution is 2.49. The zero-order valence-corrected chi connectivity index (χ0v) is 16.7. The number of hydrogen-bond acceptors (Lipinski definition) is 3. The van der Waals surface area contributed by atoms with Crippen LogP contribution in [0.25, 0.3) is 0 Å². The van der Waals surface area contributed by atoms with Gasteiger partial charge in [-0.1, -0.05) is 55.3 Å². The summed E-state index contributed by atoms with van der Waals surface area (Å²) in [4.78, 5) is 14.8. The van der Waals surface area contributed by atoms with Gasteiger partial charge in [-0.25, -0.2) is 4.39 Å². The second kappa shape index (κ2) is 8.64. The number of aliphatic hydroxyl groups is 1. The van der Waals surface area contributed by atoms with Crippen LogP contribution in [0.3, 0.4) is 0 Å². The molecule has 0 aromatic heterocycles. The SMILES string of the molecule is O=C(CN1CC[C@]2(O)CCCC[C@@H]2[C@H]1c1ccc(F)cc1)NCc1ccccc1. The molecule has 3 atom stereocenters. The van der Waals surface area contributed by atoms with Gasteiger partial charge in [-0.2, -0.15) is 0 Å². The van der Waals surface area contributed by atoms with Gasteiger partial charge in [-0.3, -0.25) is 9.69 Å². The van der Waals surface area contributed by atoms with E-state index in [-0.39, 0.29) is 30.2 Å². The van der Waals surface area contributed by atoms with E-state index in [0.717, 1.165) is 36.8 Å². The zero-order valence-electron chi connectivity index (χ0n) is 16.7. The molecule has 2 N–H and O–H groups in total. The van der Waals surface area contributed by atoms with Crippen LogP contribution in [0.1, 0.15) is 49.3 Å². The largest absolute Gasteiger partial charge is 0.389 e. The van der Waals surface area contributed by atoms with E-state index >= 15 is 0 Å². The standard InChI is InChI=1S/C24H29FN2O2/c25-20-11-9-19(10-12-20)23-21-8-4-5-13-24(21,29)14-15-27(23)17-22(28)26-16-18-6-2-1-3-7-18/h1-3,6-7,9-12,21,23,29H,4-5,8,13-17H2,(H,26,28)/t21-,23-,24-/m1/s1. The van der Waals surface area contributed by atoms with Gasteiger partial charge in [-0.05, 0) is 42.5 Å². The van der Waals surface area contributed by atoms with E-state index in [9.17, 15) is 14.3 Å². The number of likely N-dealkylation sites (tertiary alicyclic amines) is 1. The molecular weight excluding hydrogens is 367 g/mol. The quantitative estimate of drug-likeness (QED) is 0.808. The first-order valence-corrected chi connectivity index (χ1v) is 10.6. The van der Waals surface area contributed by atoms with E-state index in [4.69, 9.17) is 0 Å². The number of piperidine rings is 1. The summed E-state index contributed by atoms with van der Waals surface area (Å²) in [6.07, 6.45) is 4.55. The third-order valence-corrected chi connectivity index (χ3v) is 6.56. The topological polar surface area (TPSA) is 52.6 Å². The number of nitrogens with zero attached hydrogens (tertiary/aromatic N) is 1. The Labute approximate surface area is 171 Å². The van der Waals surface area contributed by atoms with Crippen LogP contribution in [0.5, 0.6) is 0 Å². The molecule has 1 saturated heterocycles. The summed E-state index contributed by atoms with van der Waals surface area (Å²) < 4.78 is 13.5. The number of carbonyl (C=O) groups is 1. The molecule has 2 aromatic rings. The molecule has 29 heavy (non-hydrogen) atoms. The number of carbonyl (C=O) groups excluding carboxylic acids is 1. The molecule has 0 spiro atoms. The van der Waals surface area contributed by atoms with Gasteiger partial charge < -0.3 is 10.4 Å². The first kappa shape index (κ1) is 20.0. The predicted molar refractivity (Wildman–Crippen MR) is 111 cm³/mol. The zero-order chi connectivity index (χ0) is 20.3. The molecule has 1 saturated carbocycles. The first-order valence-electron chi connectivity index (χ1n) is 10.6. The molecule has 2 fully saturated rings. The number of amides is 1. The average Bonchev–Trinajstić information content (AvgIpc) is 2.74. The van der Waals surface area contributed by atoms with Crippen molar-refractivity contribution >= 4 is 5.91 Å². The Morgan fingerprint density at radius 3 is 2.62 bits per heavy atom. The molecule has 5 heteroatoms. The number of rotatable bonds is 5. The molecule has 0 bridgehead atoms. The van der Waals surface area contributed by atoms with Gasteiger partial charge in [0, 0.05) is 25.0 Å². The van der Waals surface area contributed by atoms with Gasteiger partial charge in [0.05, 0.1) is 12.1 Å². The van der Waals surface area contributed by atoms with E-state index in [1.54, 1.807) is 12.1 Å². The fraction of sp³-hybridized carbons (Fsp3) is 0.458. The van der Waals surface area contributed by atoms with Crippen LogP contribution in [-0.2, 0) is 11.3 Å². The number of nitrogens with one attached hydrogen (secondary N) is 1. The second-order valence-electron chi connectivity index (χ2n) is 8.44. The van der Waals surface area contributed by atoms with Gasteiger partial charge in [0.1, 0.15) is 5.82 Å². The highest BCUT2D eigenvalue weighted by Gasteiger charge is 2.49. The molecule has 4 rings (SSSR count). The Kier molecular flexibility index (Phi) is 5.97. The van der Waals surface area contributed by atoms with Gasteiger partial charge in [0.2, 0.25) is 5.91 Å². The lowest BCUT2D eigenvalue weighted by atomic mass is 9.66. The molecule has 2 aliphatic rings. The third-order valence-electron chi connectivity index (χ3n) is 6.56. The van der Waals surface area contributed by atoms with Crippen molar-refractivity contribution in [3.63, 3.8) is 0 Å². The first-order chi connectivity index (χ1) is 14.0. The molecule has 4 nitrogen and oxygen atoms in total. The van der Waals surface area contributed by atoms with E-state index < -0.39 is 5.60 Å².